The van der Waals surface area contributed by atoms with Crippen LogP contribution >= 0.6 is 11.3 Å². The summed E-state index contributed by atoms with van der Waals surface area (Å²) in [7, 11) is 2.15. The van der Waals surface area contributed by atoms with Crippen LogP contribution in [0.15, 0.2) is 29.8 Å². The Morgan fingerprint density at radius 3 is 3.15 bits per heavy atom. The number of anilines is 3. The van der Waals surface area contributed by atoms with Crippen LogP contribution in [-0.2, 0) is 6.42 Å². The smallest absolute Gasteiger partial charge is 0.322 e. The summed E-state index contributed by atoms with van der Waals surface area (Å²) in [6.45, 7) is 4.77. The number of fused-ring (bicyclic) bond motifs is 1. The second kappa shape index (κ2) is 7.15. The number of hydrogen-bond acceptors (Lipinski definition) is 5. The van der Waals surface area contributed by atoms with Gasteiger partial charge in [-0.3, -0.25) is 5.32 Å². The topological polar surface area (TPSA) is 60.5 Å². The van der Waals surface area contributed by atoms with E-state index in [9.17, 15) is 4.79 Å². The van der Waals surface area contributed by atoms with E-state index in [2.05, 4.69) is 40.6 Å². The summed E-state index contributed by atoms with van der Waals surface area (Å²) >= 11 is 1.55. The Balaban J connectivity index is 1.50. The van der Waals surface area contributed by atoms with Gasteiger partial charge in [0, 0.05) is 50.2 Å². The molecule has 0 aliphatic carbocycles. The first-order valence-electron chi connectivity index (χ1n) is 9.17. The van der Waals surface area contributed by atoms with Crippen LogP contribution in [0.1, 0.15) is 18.9 Å². The number of piperidine rings is 1. The van der Waals surface area contributed by atoms with Crippen LogP contribution in [0.5, 0.6) is 0 Å². The van der Waals surface area contributed by atoms with Gasteiger partial charge in [0.25, 0.3) is 0 Å². The number of hydrogen-bond donors (Lipinski definition) is 2. The van der Waals surface area contributed by atoms with Crippen LogP contribution in [-0.4, -0.2) is 48.6 Å². The average molecular weight is 372 g/mol. The summed E-state index contributed by atoms with van der Waals surface area (Å²) in [4.78, 5) is 21.4. The van der Waals surface area contributed by atoms with Gasteiger partial charge in [-0.2, -0.15) is 0 Å². The van der Waals surface area contributed by atoms with Crippen LogP contribution in [0.25, 0.3) is 0 Å². The van der Waals surface area contributed by atoms with Crippen molar-refractivity contribution < 1.29 is 4.79 Å². The molecule has 1 fully saturated rings. The van der Waals surface area contributed by atoms with Crippen molar-refractivity contribution in [3.05, 3.63) is 35.3 Å². The van der Waals surface area contributed by atoms with Crippen molar-refractivity contribution in [1.82, 2.24) is 9.88 Å². The summed E-state index contributed by atoms with van der Waals surface area (Å²) < 4.78 is 0. The van der Waals surface area contributed by atoms with Gasteiger partial charge in [-0.05, 0) is 42.3 Å². The van der Waals surface area contributed by atoms with Gasteiger partial charge in [-0.25, -0.2) is 9.78 Å². The molecule has 4 rings (SSSR count). The van der Waals surface area contributed by atoms with Crippen LogP contribution in [0.4, 0.5) is 21.3 Å². The van der Waals surface area contributed by atoms with Gasteiger partial charge < -0.3 is 15.1 Å². The van der Waals surface area contributed by atoms with Gasteiger partial charge in [-0.1, -0.05) is 6.92 Å². The molecule has 2 amide bonds. The summed E-state index contributed by atoms with van der Waals surface area (Å²) in [5, 5.41) is 9.24. The lowest BCUT2D eigenvalue weighted by Gasteiger charge is -2.42. The van der Waals surface area contributed by atoms with E-state index in [1.54, 1.807) is 11.3 Å². The van der Waals surface area contributed by atoms with Crippen LogP contribution in [0.3, 0.4) is 0 Å². The lowest BCUT2D eigenvalue weighted by Crippen LogP contribution is -2.53. The third kappa shape index (κ3) is 3.23. The number of rotatable bonds is 3. The standard InChI is InChI=1S/C19H25N5OS/c1-13-7-10-24(19(25)22-17-4-3-11-26-17)12-16(13)23(2)15-6-9-21-18-14(15)5-8-20-18/h3-4,6,9,11,13,16H,5,7-8,10,12H2,1-2H3,(H,20,21)(H,22,25)/t13-,16?/m1/s1. The zero-order chi connectivity index (χ0) is 18.1. The number of thiophene rings is 1. The predicted octanol–water partition coefficient (Wildman–Crippen LogP) is 3.49. The third-order valence-corrected chi connectivity index (χ3v) is 6.32. The van der Waals surface area contributed by atoms with Gasteiger partial charge in [0.1, 0.15) is 5.82 Å². The first kappa shape index (κ1) is 17.1. The number of pyridine rings is 1. The zero-order valence-electron chi connectivity index (χ0n) is 15.2. The second-order valence-corrected chi connectivity index (χ2v) is 8.08. The first-order valence-corrected chi connectivity index (χ1v) is 10.1. The fourth-order valence-corrected chi connectivity index (χ4v) is 4.57. The molecule has 1 unspecified atom stereocenters. The van der Waals surface area contributed by atoms with Crippen molar-refractivity contribution in [2.45, 2.75) is 25.8 Å². The Hall–Kier alpha value is -2.28. The minimum absolute atomic E-state index is 0.000580. The third-order valence-electron chi connectivity index (χ3n) is 5.53. The minimum Gasteiger partial charge on any atom is -0.369 e. The molecule has 2 atom stereocenters. The summed E-state index contributed by atoms with van der Waals surface area (Å²) in [5.74, 6) is 1.54. The molecule has 0 spiro atoms. The first-order chi connectivity index (χ1) is 12.6. The Labute approximate surface area is 158 Å². The lowest BCUT2D eigenvalue weighted by atomic mass is 9.92. The molecule has 1 saturated heterocycles. The quantitative estimate of drug-likeness (QED) is 0.867. The fraction of sp³-hybridized carbons (Fsp3) is 0.474. The van der Waals surface area contributed by atoms with E-state index >= 15 is 0 Å². The molecule has 26 heavy (non-hydrogen) atoms. The molecule has 0 radical (unpaired) electrons. The van der Waals surface area contributed by atoms with E-state index in [0.29, 0.717) is 12.0 Å². The highest BCUT2D eigenvalue weighted by Crippen LogP contribution is 2.33. The highest BCUT2D eigenvalue weighted by molar-refractivity contribution is 7.14. The van der Waals surface area contributed by atoms with Gasteiger partial charge in [-0.15, -0.1) is 11.3 Å². The zero-order valence-corrected chi connectivity index (χ0v) is 16.1. The molecular weight excluding hydrogens is 346 g/mol. The molecule has 4 heterocycles. The number of carbonyl (C=O) groups excluding carboxylic acids is 1. The average Bonchev–Trinajstić information content (AvgIpc) is 3.32. The SMILES string of the molecule is C[C@@H]1CCN(C(=O)Nc2cccs2)CC1N(C)c1ccnc2c1CCN2. The number of urea groups is 1. The van der Waals surface area contributed by atoms with Crippen molar-refractivity contribution in [2.75, 3.05) is 42.2 Å². The van der Waals surface area contributed by atoms with Gasteiger partial charge in [0.15, 0.2) is 0 Å². The molecule has 7 heteroatoms. The van der Waals surface area contributed by atoms with E-state index in [-0.39, 0.29) is 6.03 Å². The van der Waals surface area contributed by atoms with Crippen molar-refractivity contribution in [3.63, 3.8) is 0 Å². The molecule has 2 aromatic rings. The number of nitrogens with zero attached hydrogens (tertiary/aromatic N) is 3. The Morgan fingerprint density at radius 2 is 2.35 bits per heavy atom. The summed E-state index contributed by atoms with van der Waals surface area (Å²) in [5.41, 5.74) is 2.53. The molecule has 2 aliphatic heterocycles. The van der Waals surface area contributed by atoms with Gasteiger partial charge in [0.05, 0.1) is 5.00 Å². The Kier molecular flexibility index (Phi) is 4.72. The number of amides is 2. The maximum atomic E-state index is 12.6. The Bertz CT molecular complexity index is 778. The summed E-state index contributed by atoms with van der Waals surface area (Å²) in [6, 6.07) is 6.28. The van der Waals surface area contributed by atoms with Crippen molar-refractivity contribution >= 4 is 33.9 Å². The normalized spacial score (nSPS) is 21.8. The fourth-order valence-electron chi connectivity index (χ4n) is 3.97. The highest BCUT2D eigenvalue weighted by Gasteiger charge is 2.33. The maximum absolute atomic E-state index is 12.6. The van der Waals surface area contributed by atoms with E-state index in [1.807, 2.05) is 28.6 Å². The van der Waals surface area contributed by atoms with E-state index in [1.165, 1.54) is 11.3 Å². The molecule has 2 aliphatic rings. The molecule has 0 aromatic carbocycles. The van der Waals surface area contributed by atoms with Crippen LogP contribution in [0, 0.1) is 5.92 Å². The van der Waals surface area contributed by atoms with Gasteiger partial charge in [0.2, 0.25) is 0 Å². The molecule has 0 bridgehead atoms. The van der Waals surface area contributed by atoms with Crippen molar-refractivity contribution in [1.29, 1.82) is 0 Å². The number of aromatic nitrogens is 1. The van der Waals surface area contributed by atoms with E-state index < -0.39 is 0 Å². The van der Waals surface area contributed by atoms with E-state index in [0.717, 1.165) is 43.3 Å². The molecule has 6 nitrogen and oxygen atoms in total. The van der Waals surface area contributed by atoms with Crippen LogP contribution < -0.4 is 15.5 Å². The lowest BCUT2D eigenvalue weighted by molar-refractivity contribution is 0.172. The number of carbonyl (C=O) groups is 1. The molecule has 2 aromatic heterocycles. The molecule has 0 saturated carbocycles. The molecule has 138 valence electrons. The van der Waals surface area contributed by atoms with Crippen LogP contribution in [0.2, 0.25) is 0 Å². The predicted molar refractivity (Wildman–Crippen MR) is 107 cm³/mol. The highest BCUT2D eigenvalue weighted by atomic mass is 32.1. The molecular formula is C19H25N5OS. The minimum atomic E-state index is -0.000580. The monoisotopic (exact) mass is 371 g/mol. The largest absolute Gasteiger partial charge is 0.369 e. The van der Waals surface area contributed by atoms with Crippen molar-refractivity contribution in [2.24, 2.45) is 5.92 Å². The number of likely N-dealkylation sites (N-methyl/N-ethyl adjacent to an activating group) is 1. The maximum Gasteiger partial charge on any atom is 0.322 e. The van der Waals surface area contributed by atoms with Gasteiger partial charge >= 0.3 is 6.03 Å². The van der Waals surface area contributed by atoms with Crippen molar-refractivity contribution in [3.8, 4) is 0 Å². The molecule has 2 N–H and O–H groups in total. The van der Waals surface area contributed by atoms with E-state index in [4.69, 9.17) is 0 Å². The number of nitrogens with one attached hydrogen (secondary N) is 2. The second-order valence-electron chi connectivity index (χ2n) is 7.13. The summed E-state index contributed by atoms with van der Waals surface area (Å²) in [6.07, 6.45) is 3.89. The number of likely N-dealkylation sites (tertiary alicyclic amines) is 1. The Morgan fingerprint density at radius 1 is 1.46 bits per heavy atom.